The smallest absolute Gasteiger partial charge is 0.272 e. The number of hydrogen-bond acceptors (Lipinski definition) is 5. The van der Waals surface area contributed by atoms with E-state index in [4.69, 9.17) is 4.74 Å². The summed E-state index contributed by atoms with van der Waals surface area (Å²) < 4.78 is 31.2. The van der Waals surface area contributed by atoms with E-state index in [-0.39, 0.29) is 22.8 Å². The highest BCUT2D eigenvalue weighted by Crippen LogP contribution is 2.24. The van der Waals surface area contributed by atoms with Crippen LogP contribution in [0.1, 0.15) is 43.6 Å². The van der Waals surface area contributed by atoms with Crippen molar-refractivity contribution in [3.63, 3.8) is 0 Å². The van der Waals surface area contributed by atoms with Crippen LogP contribution < -0.4 is 9.21 Å². The molecule has 0 aliphatic carbocycles. The maximum Gasteiger partial charge on any atom is 0.272 e. The first kappa shape index (κ1) is 23.6. The zero-order chi connectivity index (χ0) is 22.7. The minimum absolute atomic E-state index is 0.158. The number of rotatable bonds is 6. The van der Waals surface area contributed by atoms with Crippen LogP contribution in [0, 0.1) is 0 Å². The highest BCUT2D eigenvalue weighted by Gasteiger charge is 2.26. The molecule has 2 aromatic carbocycles. The van der Waals surface area contributed by atoms with E-state index >= 15 is 0 Å². The van der Waals surface area contributed by atoms with Crippen LogP contribution in [0.5, 0.6) is 0 Å². The molecule has 0 aliphatic rings. The predicted octanol–water partition coefficient (Wildman–Crippen LogP) is 3.59. The van der Waals surface area contributed by atoms with Gasteiger partial charge in [0.25, 0.3) is 5.91 Å². The van der Waals surface area contributed by atoms with Gasteiger partial charge in [0.2, 0.25) is 15.9 Å². The van der Waals surface area contributed by atoms with Crippen molar-refractivity contribution in [2.75, 3.05) is 22.5 Å². The molecule has 0 bridgehead atoms. The summed E-state index contributed by atoms with van der Waals surface area (Å²) in [6, 6.07) is 12.8. The van der Waals surface area contributed by atoms with Crippen molar-refractivity contribution >= 4 is 33.2 Å². The van der Waals surface area contributed by atoms with Gasteiger partial charge in [-0.2, -0.15) is 0 Å². The van der Waals surface area contributed by atoms with Gasteiger partial charge in [0.15, 0.2) is 0 Å². The fourth-order valence-corrected chi connectivity index (χ4v) is 3.52. The SMILES string of the molecule is CC(=O)N(C)c1ccc(N(C(=O)c2ccc(COC(C)(C)C)cc2)S(C)(=O)=O)cc1. The van der Waals surface area contributed by atoms with E-state index in [1.165, 1.54) is 24.0 Å². The van der Waals surface area contributed by atoms with E-state index in [2.05, 4.69) is 0 Å². The number of hydrogen-bond donors (Lipinski definition) is 0. The third kappa shape index (κ3) is 6.14. The normalized spacial score (nSPS) is 11.8. The van der Waals surface area contributed by atoms with Crippen LogP contribution in [-0.2, 0) is 26.2 Å². The molecule has 0 fully saturated rings. The lowest BCUT2D eigenvalue weighted by Gasteiger charge is -2.22. The summed E-state index contributed by atoms with van der Waals surface area (Å²) in [6.07, 6.45) is 0.978. The lowest BCUT2D eigenvalue weighted by atomic mass is 10.1. The van der Waals surface area contributed by atoms with Gasteiger partial charge in [0.05, 0.1) is 24.2 Å². The van der Waals surface area contributed by atoms with Gasteiger partial charge in [0, 0.05) is 25.2 Å². The number of anilines is 2. The van der Waals surface area contributed by atoms with E-state index in [0.29, 0.717) is 12.3 Å². The summed E-state index contributed by atoms with van der Waals surface area (Å²) in [6.45, 7) is 7.67. The summed E-state index contributed by atoms with van der Waals surface area (Å²) in [5.74, 6) is -0.817. The van der Waals surface area contributed by atoms with Gasteiger partial charge >= 0.3 is 0 Å². The molecule has 0 radical (unpaired) electrons. The highest BCUT2D eigenvalue weighted by molar-refractivity contribution is 7.92. The third-order valence-corrected chi connectivity index (χ3v) is 5.37. The molecule has 0 aromatic heterocycles. The number of carbonyl (C=O) groups is 2. The monoisotopic (exact) mass is 432 g/mol. The number of ether oxygens (including phenoxy) is 1. The largest absolute Gasteiger partial charge is 0.371 e. The van der Waals surface area contributed by atoms with E-state index in [9.17, 15) is 18.0 Å². The van der Waals surface area contributed by atoms with Crippen LogP contribution >= 0.6 is 0 Å². The maximum atomic E-state index is 13.0. The molecule has 2 amide bonds. The average Bonchev–Trinajstić information content (AvgIpc) is 2.65. The molecule has 0 spiro atoms. The number of benzene rings is 2. The van der Waals surface area contributed by atoms with Crippen molar-refractivity contribution in [1.82, 2.24) is 0 Å². The van der Waals surface area contributed by atoms with Crippen LogP contribution in [0.2, 0.25) is 0 Å². The molecular formula is C22H28N2O5S. The summed E-state index contributed by atoms with van der Waals surface area (Å²) >= 11 is 0. The van der Waals surface area contributed by atoms with Crippen LogP contribution in [0.4, 0.5) is 11.4 Å². The Hall–Kier alpha value is -2.71. The van der Waals surface area contributed by atoms with Crippen LogP contribution in [-0.4, -0.2) is 39.1 Å². The number of carbonyl (C=O) groups excluding carboxylic acids is 2. The first-order valence-corrected chi connectivity index (χ1v) is 11.3. The summed E-state index contributed by atoms with van der Waals surface area (Å²) in [7, 11) is -2.26. The summed E-state index contributed by atoms with van der Waals surface area (Å²) in [4.78, 5) is 25.9. The molecule has 0 saturated carbocycles. The Morgan fingerprint density at radius 3 is 1.87 bits per heavy atom. The fraction of sp³-hybridized carbons (Fsp3) is 0.364. The zero-order valence-corrected chi connectivity index (χ0v) is 19.0. The van der Waals surface area contributed by atoms with E-state index in [0.717, 1.165) is 16.1 Å². The van der Waals surface area contributed by atoms with Gasteiger partial charge in [-0.1, -0.05) is 12.1 Å². The Morgan fingerprint density at radius 2 is 1.43 bits per heavy atom. The van der Waals surface area contributed by atoms with E-state index in [1.54, 1.807) is 43.4 Å². The van der Waals surface area contributed by atoms with Gasteiger partial charge in [-0.15, -0.1) is 0 Å². The van der Waals surface area contributed by atoms with E-state index in [1.807, 2.05) is 20.8 Å². The Morgan fingerprint density at radius 1 is 0.933 bits per heavy atom. The standard InChI is InChI=1S/C22H28N2O5S/c1-16(25)23(5)19-11-13-20(14-12-19)24(30(6,27)28)21(26)18-9-7-17(8-10-18)15-29-22(2,3)4/h7-14H,15H2,1-6H3. The van der Waals surface area contributed by atoms with Gasteiger partial charge in [0.1, 0.15) is 0 Å². The molecule has 0 heterocycles. The average molecular weight is 433 g/mol. The van der Waals surface area contributed by atoms with Crippen molar-refractivity contribution in [2.24, 2.45) is 0 Å². The van der Waals surface area contributed by atoms with Crippen LogP contribution in [0.15, 0.2) is 48.5 Å². The van der Waals surface area contributed by atoms with Crippen molar-refractivity contribution in [3.05, 3.63) is 59.7 Å². The molecule has 0 unspecified atom stereocenters. The maximum absolute atomic E-state index is 13.0. The molecule has 0 N–H and O–H groups in total. The second kappa shape index (κ2) is 8.97. The molecule has 7 nitrogen and oxygen atoms in total. The molecule has 8 heteroatoms. The van der Waals surface area contributed by atoms with Gasteiger partial charge in [-0.25, -0.2) is 12.7 Å². The minimum atomic E-state index is -3.88. The topological polar surface area (TPSA) is 84.0 Å². The predicted molar refractivity (Wildman–Crippen MR) is 118 cm³/mol. The molecule has 0 atom stereocenters. The minimum Gasteiger partial charge on any atom is -0.371 e. The summed E-state index contributed by atoms with van der Waals surface area (Å²) in [5.41, 5.74) is 1.62. The fourth-order valence-electron chi connectivity index (χ4n) is 2.61. The highest BCUT2D eigenvalue weighted by atomic mass is 32.2. The van der Waals surface area contributed by atoms with Crippen molar-refractivity contribution in [2.45, 2.75) is 39.9 Å². The quantitative estimate of drug-likeness (QED) is 0.697. The number of nitrogens with zero attached hydrogens (tertiary/aromatic N) is 2. The number of amides is 2. The molecule has 2 aromatic rings. The lowest BCUT2D eigenvalue weighted by molar-refractivity contribution is -0.116. The lowest BCUT2D eigenvalue weighted by Crippen LogP contribution is -2.36. The third-order valence-electron chi connectivity index (χ3n) is 4.33. The van der Waals surface area contributed by atoms with Gasteiger partial charge < -0.3 is 9.64 Å². The second-order valence-corrected chi connectivity index (χ2v) is 9.86. The Kier molecular flexibility index (Phi) is 7.05. The Labute approximate surface area is 178 Å². The Bertz CT molecular complexity index is 1010. The first-order chi connectivity index (χ1) is 13.8. The molecule has 0 aliphatic heterocycles. The summed E-state index contributed by atoms with van der Waals surface area (Å²) in [5, 5.41) is 0. The van der Waals surface area contributed by atoms with E-state index < -0.39 is 15.9 Å². The van der Waals surface area contributed by atoms with Crippen LogP contribution in [0.25, 0.3) is 0 Å². The second-order valence-electron chi connectivity index (χ2n) is 8.02. The van der Waals surface area contributed by atoms with Crippen molar-refractivity contribution in [1.29, 1.82) is 0 Å². The van der Waals surface area contributed by atoms with Crippen molar-refractivity contribution < 1.29 is 22.7 Å². The number of sulfonamides is 1. The molecule has 2 rings (SSSR count). The molecule has 162 valence electrons. The Balaban J connectivity index is 2.30. The van der Waals surface area contributed by atoms with Crippen molar-refractivity contribution in [3.8, 4) is 0 Å². The van der Waals surface area contributed by atoms with Gasteiger partial charge in [-0.3, -0.25) is 9.59 Å². The molecule has 30 heavy (non-hydrogen) atoms. The zero-order valence-electron chi connectivity index (χ0n) is 18.2. The molecular weight excluding hydrogens is 404 g/mol. The van der Waals surface area contributed by atoms with Crippen LogP contribution in [0.3, 0.4) is 0 Å². The molecule has 0 saturated heterocycles. The van der Waals surface area contributed by atoms with Gasteiger partial charge in [-0.05, 0) is 62.7 Å². The first-order valence-electron chi connectivity index (χ1n) is 9.41.